The quantitative estimate of drug-likeness (QED) is 0.161. The number of aliphatic carboxylic acids is 1. The van der Waals surface area contributed by atoms with Crippen LogP contribution in [0.5, 0.6) is 0 Å². The van der Waals surface area contributed by atoms with Gasteiger partial charge in [0.25, 0.3) is 10.0 Å². The zero-order valence-electron chi connectivity index (χ0n) is 23.9. The van der Waals surface area contributed by atoms with Crippen molar-refractivity contribution in [2.45, 2.75) is 24.0 Å². The summed E-state index contributed by atoms with van der Waals surface area (Å²) in [5, 5.41) is 23.3. The summed E-state index contributed by atoms with van der Waals surface area (Å²) >= 11 is 6.33. The van der Waals surface area contributed by atoms with E-state index in [0.717, 1.165) is 28.9 Å². The van der Waals surface area contributed by atoms with Crippen molar-refractivity contribution in [2.24, 2.45) is 7.05 Å². The fourth-order valence-electron chi connectivity index (χ4n) is 4.00. The molecule has 2 aromatic heterocycles. The lowest BCUT2D eigenvalue weighted by atomic mass is 10.0. The molecule has 4 aromatic rings. The molecule has 6 N–H and O–H groups in total. The topological polar surface area (TPSA) is 192 Å². The van der Waals surface area contributed by atoms with Crippen LogP contribution in [-0.4, -0.2) is 64.5 Å². The van der Waals surface area contributed by atoms with Gasteiger partial charge in [-0.25, -0.2) is 27.7 Å². The summed E-state index contributed by atoms with van der Waals surface area (Å²) in [6.07, 6.45) is -0.640. The monoisotopic (exact) mass is 681 g/mol. The van der Waals surface area contributed by atoms with Gasteiger partial charge in [0.1, 0.15) is 5.02 Å². The summed E-state index contributed by atoms with van der Waals surface area (Å²) < 4.78 is 60.1. The molecule has 1 aliphatic rings. The molecule has 2 aromatic carbocycles. The van der Waals surface area contributed by atoms with Crippen LogP contribution >= 0.6 is 11.6 Å². The van der Waals surface area contributed by atoms with Crippen LogP contribution in [0.3, 0.4) is 0 Å². The molecule has 19 heteroatoms. The normalized spacial score (nSPS) is 12.5. The minimum Gasteiger partial charge on any atom is -0.475 e. The Morgan fingerprint density at radius 2 is 1.80 bits per heavy atom. The van der Waals surface area contributed by atoms with E-state index in [-0.39, 0.29) is 18.1 Å². The van der Waals surface area contributed by atoms with Crippen LogP contribution in [0, 0.1) is 0 Å². The van der Waals surface area contributed by atoms with Gasteiger partial charge >= 0.3 is 18.2 Å². The first-order chi connectivity index (χ1) is 21.7. The van der Waals surface area contributed by atoms with Gasteiger partial charge < -0.3 is 26.4 Å². The maximum absolute atomic E-state index is 12.6. The number of carboxylic acid groups (broad SMARTS) is 1. The molecule has 0 unspecified atom stereocenters. The molecule has 0 saturated carbocycles. The molecule has 1 aliphatic heterocycles. The maximum Gasteiger partial charge on any atom is 0.490 e. The number of benzene rings is 2. The first kappa shape index (κ1) is 33.9. The molecule has 0 radical (unpaired) electrons. The number of carboxylic acids is 1. The molecule has 0 atom stereocenters. The minimum absolute atomic E-state index is 0.00803. The van der Waals surface area contributed by atoms with E-state index >= 15 is 0 Å². The summed E-state index contributed by atoms with van der Waals surface area (Å²) in [6, 6.07) is 14.4. The second-order valence-electron chi connectivity index (χ2n) is 9.62. The third kappa shape index (κ3) is 9.53. The average molecular weight is 682 g/mol. The van der Waals surface area contributed by atoms with E-state index in [1.54, 1.807) is 19.3 Å². The molecule has 0 spiro atoms. The van der Waals surface area contributed by atoms with Crippen molar-refractivity contribution >= 4 is 62.5 Å². The molecule has 14 nitrogen and oxygen atoms in total. The molecule has 0 aliphatic carbocycles. The molecular formula is C27H27ClF3N9O5S. The Kier molecular flexibility index (Phi) is 10.7. The van der Waals surface area contributed by atoms with Crippen molar-refractivity contribution in [1.82, 2.24) is 29.8 Å². The zero-order chi connectivity index (χ0) is 33.5. The third-order valence-corrected chi connectivity index (χ3v) is 7.77. The smallest absolute Gasteiger partial charge is 0.475 e. The average Bonchev–Trinajstić information content (AvgIpc) is 3.44. The number of carbonyl (C=O) groups excluding carboxylic acids is 1. The van der Waals surface area contributed by atoms with Crippen LogP contribution in [-0.2, 0) is 34.7 Å². The van der Waals surface area contributed by atoms with Crippen molar-refractivity contribution in [3.05, 3.63) is 77.1 Å². The van der Waals surface area contributed by atoms with Crippen molar-refractivity contribution in [2.75, 3.05) is 29.0 Å². The number of alkyl halides is 3. The van der Waals surface area contributed by atoms with Crippen molar-refractivity contribution < 1.29 is 36.3 Å². The molecular weight excluding hydrogens is 655 g/mol. The van der Waals surface area contributed by atoms with E-state index in [0.29, 0.717) is 28.9 Å². The Labute approximate surface area is 265 Å². The van der Waals surface area contributed by atoms with Gasteiger partial charge in [0.2, 0.25) is 5.95 Å². The van der Waals surface area contributed by atoms with Crippen LogP contribution in [0.25, 0.3) is 0 Å². The van der Waals surface area contributed by atoms with Gasteiger partial charge in [-0.05, 0) is 60.4 Å². The van der Waals surface area contributed by atoms with Crippen molar-refractivity contribution in [1.29, 1.82) is 0 Å². The van der Waals surface area contributed by atoms with Gasteiger partial charge in [-0.15, -0.1) is 0 Å². The van der Waals surface area contributed by atoms with Crippen molar-refractivity contribution in [3.63, 3.8) is 0 Å². The van der Waals surface area contributed by atoms with E-state index in [1.165, 1.54) is 16.9 Å². The Morgan fingerprint density at radius 3 is 2.50 bits per heavy atom. The number of aromatic nitrogens is 4. The molecule has 0 fully saturated rings. The molecule has 0 saturated heterocycles. The molecule has 46 heavy (non-hydrogen) atoms. The Balaban J connectivity index is 0.000000617. The number of sulfonamides is 1. The number of fused-ring (bicyclic) bond motifs is 6. The molecule has 3 heterocycles. The van der Waals surface area contributed by atoms with E-state index in [4.69, 9.17) is 21.5 Å². The number of anilines is 5. The standard InChI is InChI=1S/C25H26ClN9O3S.C2HF3O2/c1-35-12-9-22(34-35)39(37,38)29-11-10-27-25(36)32-21-8-7-19-14-17(21)6-5-16-3-2-4-18(13-16)31-24-28-15-20(26)23(30-19)33-24;3-2(4,5)1(6)7/h2-4,7-9,12-15,29H,5-6,10-11H2,1H3,(H2,27,32,36)(H2,28,30,31,33);(H,6,7). The van der Waals surface area contributed by atoms with Crippen LogP contribution in [0.1, 0.15) is 11.1 Å². The fraction of sp³-hybridized carbons (Fsp3) is 0.222. The van der Waals surface area contributed by atoms with Crippen LogP contribution < -0.4 is 26.0 Å². The van der Waals surface area contributed by atoms with E-state index < -0.39 is 28.2 Å². The second kappa shape index (κ2) is 14.4. The number of aryl methyl sites for hydroxylation is 3. The molecule has 244 valence electrons. The maximum atomic E-state index is 12.6. The summed E-state index contributed by atoms with van der Waals surface area (Å²) in [4.78, 5) is 30.3. The highest BCUT2D eigenvalue weighted by Crippen LogP contribution is 2.29. The third-order valence-electron chi connectivity index (χ3n) is 6.14. The summed E-state index contributed by atoms with van der Waals surface area (Å²) in [5.74, 6) is -1.90. The number of carbonyl (C=O) groups is 2. The van der Waals surface area contributed by atoms with Gasteiger partial charge in [0.15, 0.2) is 10.8 Å². The van der Waals surface area contributed by atoms with Gasteiger partial charge in [-0.3, -0.25) is 4.68 Å². The van der Waals surface area contributed by atoms with Gasteiger partial charge in [0.05, 0.1) is 6.20 Å². The zero-order valence-corrected chi connectivity index (χ0v) is 25.5. The fourth-order valence-corrected chi connectivity index (χ4v) is 5.14. The lowest BCUT2D eigenvalue weighted by Crippen LogP contribution is -2.37. The predicted molar refractivity (Wildman–Crippen MR) is 163 cm³/mol. The van der Waals surface area contributed by atoms with Crippen molar-refractivity contribution in [3.8, 4) is 0 Å². The van der Waals surface area contributed by atoms with Gasteiger partial charge in [-0.2, -0.15) is 23.3 Å². The Morgan fingerprint density at radius 1 is 1.07 bits per heavy atom. The summed E-state index contributed by atoms with van der Waals surface area (Å²) in [6.45, 7) is 0.0926. The first-order valence-corrected chi connectivity index (χ1v) is 15.2. The second-order valence-corrected chi connectivity index (χ2v) is 11.7. The molecule has 5 rings (SSSR count). The highest BCUT2D eigenvalue weighted by atomic mass is 35.5. The van der Waals surface area contributed by atoms with Crippen LogP contribution in [0.2, 0.25) is 5.02 Å². The molecule has 2 amide bonds. The number of amides is 2. The van der Waals surface area contributed by atoms with Crippen LogP contribution in [0.4, 0.5) is 46.8 Å². The SMILES string of the molecule is Cn1ccc(S(=O)(=O)NCCNC(=O)Nc2ccc3cc2CCc2cccc(c2)Nc2ncc(Cl)c(n2)N3)n1.O=C(O)C(F)(F)F. The number of nitrogens with zero attached hydrogens (tertiary/aromatic N) is 4. The summed E-state index contributed by atoms with van der Waals surface area (Å²) in [7, 11) is -2.12. The molecule has 6 bridgehead atoms. The highest BCUT2D eigenvalue weighted by Gasteiger charge is 2.38. The largest absolute Gasteiger partial charge is 0.490 e. The van der Waals surface area contributed by atoms with E-state index in [2.05, 4.69) is 41.1 Å². The van der Waals surface area contributed by atoms with Crippen LogP contribution in [0.15, 0.2) is 66.0 Å². The van der Waals surface area contributed by atoms with Gasteiger partial charge in [0, 0.05) is 43.4 Å². The first-order valence-electron chi connectivity index (χ1n) is 13.3. The highest BCUT2D eigenvalue weighted by molar-refractivity contribution is 7.89. The van der Waals surface area contributed by atoms with Gasteiger partial charge in [-0.1, -0.05) is 23.7 Å². The minimum atomic E-state index is -5.08. The number of halogens is 4. The van der Waals surface area contributed by atoms with E-state index in [1.807, 2.05) is 36.4 Å². The number of rotatable bonds is 6. The number of urea groups is 1. The lowest BCUT2D eigenvalue weighted by Gasteiger charge is -2.15. The number of nitrogens with one attached hydrogen (secondary N) is 5. The predicted octanol–water partition coefficient (Wildman–Crippen LogP) is 4.18. The van der Waals surface area contributed by atoms with E-state index in [9.17, 15) is 26.4 Å². The summed E-state index contributed by atoms with van der Waals surface area (Å²) in [5.41, 5.74) is 4.22. The Bertz CT molecular complexity index is 1840. The Hall–Kier alpha value is -4.94. The lowest BCUT2D eigenvalue weighted by molar-refractivity contribution is -0.192. The number of hydrogen-bond donors (Lipinski definition) is 6. The number of hydrogen-bond acceptors (Lipinski definition) is 9.